The molecule has 1 aromatic carbocycles. The summed E-state index contributed by atoms with van der Waals surface area (Å²) >= 11 is 6.06. The van der Waals surface area contributed by atoms with E-state index in [1.54, 1.807) is 0 Å². The highest BCUT2D eigenvalue weighted by molar-refractivity contribution is 6.30. The summed E-state index contributed by atoms with van der Waals surface area (Å²) in [5.41, 5.74) is 9.56. The number of rotatable bonds is 4. The number of halogens is 1. The lowest BCUT2D eigenvalue weighted by atomic mass is 10.1. The molecule has 0 aliphatic heterocycles. The molecule has 7 nitrogen and oxygen atoms in total. The molecule has 0 amide bonds. The highest BCUT2D eigenvalue weighted by Gasteiger charge is 2.21. The van der Waals surface area contributed by atoms with E-state index in [9.17, 15) is 5.26 Å². The van der Waals surface area contributed by atoms with Crippen molar-refractivity contribution in [3.8, 4) is 17.3 Å². The fourth-order valence-corrected chi connectivity index (χ4v) is 3.23. The van der Waals surface area contributed by atoms with Crippen LogP contribution in [0.3, 0.4) is 0 Å². The van der Waals surface area contributed by atoms with E-state index in [-0.39, 0.29) is 17.4 Å². The molecule has 0 saturated carbocycles. The van der Waals surface area contributed by atoms with Gasteiger partial charge in [0.1, 0.15) is 35.2 Å². The molecule has 3 heterocycles. The molecule has 0 bridgehead atoms. The van der Waals surface area contributed by atoms with Crippen molar-refractivity contribution in [2.45, 2.75) is 13.0 Å². The van der Waals surface area contributed by atoms with Crippen molar-refractivity contribution in [2.24, 2.45) is 0 Å². The Kier molecular flexibility index (Phi) is 4.55. The van der Waals surface area contributed by atoms with Crippen molar-refractivity contribution in [1.29, 1.82) is 5.26 Å². The minimum absolute atomic E-state index is 0.139. The fraction of sp³-hybridized carbons (Fsp3) is 0.100. The van der Waals surface area contributed by atoms with Crippen molar-refractivity contribution >= 4 is 28.9 Å². The molecule has 138 valence electrons. The zero-order chi connectivity index (χ0) is 19.7. The Bertz CT molecular complexity index is 1190. The number of nitrogens with one attached hydrogen (secondary N) is 1. The summed E-state index contributed by atoms with van der Waals surface area (Å²) in [6.07, 6.45) is 3.29. The first-order valence-electron chi connectivity index (χ1n) is 8.58. The number of nitrogens with zero attached hydrogens (tertiary/aromatic N) is 5. The molecular formula is C20H16ClN7. The van der Waals surface area contributed by atoms with Crippen LogP contribution in [0.5, 0.6) is 0 Å². The van der Waals surface area contributed by atoms with Crippen LogP contribution in [0, 0.1) is 11.3 Å². The van der Waals surface area contributed by atoms with Crippen LogP contribution in [0.1, 0.15) is 24.2 Å². The van der Waals surface area contributed by atoms with Crippen molar-refractivity contribution in [2.75, 3.05) is 11.1 Å². The van der Waals surface area contributed by atoms with E-state index < -0.39 is 0 Å². The van der Waals surface area contributed by atoms with Crippen LogP contribution < -0.4 is 11.1 Å². The quantitative estimate of drug-likeness (QED) is 0.545. The lowest BCUT2D eigenvalue weighted by Gasteiger charge is -2.16. The van der Waals surface area contributed by atoms with Crippen molar-refractivity contribution in [3.63, 3.8) is 0 Å². The molecule has 0 aliphatic carbocycles. The number of pyridine rings is 1. The lowest BCUT2D eigenvalue weighted by molar-refractivity contribution is 0.843. The topological polar surface area (TPSA) is 105 Å². The summed E-state index contributed by atoms with van der Waals surface area (Å²) in [5.74, 6) is 0.515. The van der Waals surface area contributed by atoms with Gasteiger partial charge < -0.3 is 11.1 Å². The minimum Gasteiger partial charge on any atom is -0.382 e. The van der Waals surface area contributed by atoms with Gasteiger partial charge in [-0.25, -0.2) is 15.0 Å². The van der Waals surface area contributed by atoms with E-state index >= 15 is 0 Å². The first-order chi connectivity index (χ1) is 13.6. The Hall–Kier alpha value is -3.63. The van der Waals surface area contributed by atoms with Gasteiger partial charge >= 0.3 is 0 Å². The Balaban J connectivity index is 1.83. The SMILES string of the molecule is C[C@H](Nc1ncnc(N)c1C#N)c1nc2ccccn2c1-c1ccc(Cl)cc1. The second-order valence-electron chi connectivity index (χ2n) is 6.24. The van der Waals surface area contributed by atoms with E-state index in [0.717, 1.165) is 22.6 Å². The zero-order valence-corrected chi connectivity index (χ0v) is 15.7. The number of nitrogens with two attached hydrogens (primary N) is 1. The minimum atomic E-state index is -0.244. The van der Waals surface area contributed by atoms with Gasteiger partial charge in [0, 0.05) is 16.8 Å². The van der Waals surface area contributed by atoms with Crippen molar-refractivity contribution in [3.05, 3.63) is 71.3 Å². The molecule has 3 N–H and O–H groups in total. The van der Waals surface area contributed by atoms with E-state index in [4.69, 9.17) is 22.3 Å². The number of anilines is 2. The first kappa shape index (κ1) is 17.8. The number of nitrogen functional groups attached to an aromatic ring is 1. The Morgan fingerprint density at radius 3 is 2.71 bits per heavy atom. The Morgan fingerprint density at radius 1 is 1.18 bits per heavy atom. The summed E-state index contributed by atoms with van der Waals surface area (Å²) < 4.78 is 2.02. The molecule has 4 aromatic rings. The molecule has 0 fully saturated rings. The van der Waals surface area contributed by atoms with Gasteiger partial charge in [-0.05, 0) is 31.2 Å². The highest BCUT2D eigenvalue weighted by Crippen LogP contribution is 2.32. The molecule has 0 spiro atoms. The molecule has 0 aliphatic rings. The molecule has 4 rings (SSSR count). The van der Waals surface area contributed by atoms with Gasteiger partial charge in [-0.15, -0.1) is 0 Å². The molecule has 0 unspecified atom stereocenters. The second kappa shape index (κ2) is 7.18. The summed E-state index contributed by atoms with van der Waals surface area (Å²) in [6, 6.07) is 15.2. The van der Waals surface area contributed by atoms with Crippen LogP contribution in [0.15, 0.2) is 55.0 Å². The maximum absolute atomic E-state index is 9.37. The van der Waals surface area contributed by atoms with Crippen LogP contribution in [-0.2, 0) is 0 Å². The number of fused-ring (bicyclic) bond motifs is 1. The number of nitriles is 1. The number of imidazole rings is 1. The van der Waals surface area contributed by atoms with Gasteiger partial charge in [0.05, 0.1) is 17.4 Å². The van der Waals surface area contributed by atoms with Crippen LogP contribution in [-0.4, -0.2) is 19.4 Å². The normalized spacial score (nSPS) is 11.9. The smallest absolute Gasteiger partial charge is 0.150 e. The van der Waals surface area contributed by atoms with Crippen molar-refractivity contribution < 1.29 is 0 Å². The van der Waals surface area contributed by atoms with Gasteiger partial charge in [-0.3, -0.25) is 4.40 Å². The summed E-state index contributed by atoms with van der Waals surface area (Å²) in [6.45, 7) is 1.96. The number of aromatic nitrogens is 4. The van der Waals surface area contributed by atoms with Crippen molar-refractivity contribution in [1.82, 2.24) is 19.4 Å². The largest absolute Gasteiger partial charge is 0.382 e. The molecule has 28 heavy (non-hydrogen) atoms. The van der Waals surface area contributed by atoms with Gasteiger partial charge in [0.2, 0.25) is 0 Å². The third kappa shape index (κ3) is 3.10. The Morgan fingerprint density at radius 2 is 1.96 bits per heavy atom. The average Bonchev–Trinajstić information content (AvgIpc) is 3.08. The lowest BCUT2D eigenvalue weighted by Crippen LogP contribution is -2.12. The summed E-state index contributed by atoms with van der Waals surface area (Å²) in [4.78, 5) is 12.8. The van der Waals surface area contributed by atoms with Gasteiger partial charge in [-0.1, -0.05) is 29.8 Å². The number of hydrogen-bond acceptors (Lipinski definition) is 6. The fourth-order valence-electron chi connectivity index (χ4n) is 3.10. The third-order valence-corrected chi connectivity index (χ3v) is 4.68. The van der Waals surface area contributed by atoms with E-state index in [2.05, 4.69) is 15.3 Å². The maximum atomic E-state index is 9.37. The van der Waals surface area contributed by atoms with Crippen LogP contribution in [0.4, 0.5) is 11.6 Å². The Labute approximate surface area is 166 Å². The molecular weight excluding hydrogens is 374 g/mol. The van der Waals surface area contributed by atoms with E-state index in [0.29, 0.717) is 10.8 Å². The van der Waals surface area contributed by atoms with Gasteiger partial charge in [0.15, 0.2) is 0 Å². The predicted octanol–water partition coefficient (Wildman–Crippen LogP) is 4.07. The van der Waals surface area contributed by atoms with Gasteiger partial charge in [0.25, 0.3) is 0 Å². The highest BCUT2D eigenvalue weighted by atomic mass is 35.5. The molecule has 3 aromatic heterocycles. The van der Waals surface area contributed by atoms with Crippen LogP contribution in [0.2, 0.25) is 5.02 Å². The second-order valence-corrected chi connectivity index (χ2v) is 6.68. The number of benzene rings is 1. The summed E-state index contributed by atoms with van der Waals surface area (Å²) in [7, 11) is 0. The first-order valence-corrected chi connectivity index (χ1v) is 8.96. The van der Waals surface area contributed by atoms with E-state index in [1.807, 2.05) is 66.1 Å². The van der Waals surface area contributed by atoms with Gasteiger partial charge in [-0.2, -0.15) is 5.26 Å². The number of hydrogen-bond donors (Lipinski definition) is 2. The van der Waals surface area contributed by atoms with E-state index in [1.165, 1.54) is 6.33 Å². The van der Waals surface area contributed by atoms with Crippen LogP contribution in [0.25, 0.3) is 16.9 Å². The van der Waals surface area contributed by atoms with Crippen LogP contribution >= 0.6 is 11.6 Å². The maximum Gasteiger partial charge on any atom is 0.150 e. The molecule has 0 radical (unpaired) electrons. The zero-order valence-electron chi connectivity index (χ0n) is 15.0. The third-order valence-electron chi connectivity index (χ3n) is 4.43. The molecule has 8 heteroatoms. The average molecular weight is 390 g/mol. The molecule has 1 atom stereocenters. The predicted molar refractivity (Wildman–Crippen MR) is 109 cm³/mol. The standard InChI is InChI=1S/C20H16ClN7/c1-12(26-20-15(10-22)19(23)24-11-25-20)17-18(13-5-7-14(21)8-6-13)28-9-3-2-4-16(28)27-17/h2-9,11-12H,1H3,(H3,23,24,25,26)/t12-/m0/s1. The summed E-state index contributed by atoms with van der Waals surface area (Å²) in [5, 5.41) is 13.3. The monoisotopic (exact) mass is 389 g/mol. The molecule has 0 saturated heterocycles.